The fourth-order valence-corrected chi connectivity index (χ4v) is 1.73. The molecule has 0 aliphatic carbocycles. The summed E-state index contributed by atoms with van der Waals surface area (Å²) >= 11 is 5.90. The summed E-state index contributed by atoms with van der Waals surface area (Å²) in [5, 5.41) is 12.8. The lowest BCUT2D eigenvalue weighted by Crippen LogP contribution is -2.07. The molecule has 0 aliphatic heterocycles. The number of nitrogens with one attached hydrogen (secondary N) is 1. The molecule has 104 valence electrons. The van der Waals surface area contributed by atoms with E-state index < -0.39 is 0 Å². The summed E-state index contributed by atoms with van der Waals surface area (Å²) in [6.07, 6.45) is 1.95. The number of nitriles is 1. The molecule has 0 saturated heterocycles. The van der Waals surface area contributed by atoms with Gasteiger partial charge in [-0.25, -0.2) is 0 Å². The number of anilines is 1. The lowest BCUT2D eigenvalue weighted by atomic mass is 10.2. The van der Waals surface area contributed by atoms with Crippen LogP contribution in [0.3, 0.4) is 0 Å². The number of ether oxygens (including phenoxy) is 2. The number of benzene rings is 1. The molecule has 5 heteroatoms. The molecule has 1 aromatic rings. The van der Waals surface area contributed by atoms with Crippen LogP contribution in [0.5, 0.6) is 0 Å². The van der Waals surface area contributed by atoms with Crippen LogP contribution < -0.4 is 5.32 Å². The van der Waals surface area contributed by atoms with Crippen molar-refractivity contribution in [2.24, 2.45) is 0 Å². The van der Waals surface area contributed by atoms with E-state index in [4.69, 9.17) is 26.3 Å². The molecule has 1 N–H and O–H groups in total. The summed E-state index contributed by atoms with van der Waals surface area (Å²) in [4.78, 5) is 0. The highest BCUT2D eigenvalue weighted by Gasteiger charge is 2.01. The van der Waals surface area contributed by atoms with Crippen LogP contribution in [-0.4, -0.2) is 33.5 Å². The molecule has 0 bridgehead atoms. The topological polar surface area (TPSA) is 54.3 Å². The van der Waals surface area contributed by atoms with Crippen LogP contribution in [0.1, 0.15) is 18.4 Å². The Bertz CT molecular complexity index is 418. The third-order valence-corrected chi connectivity index (χ3v) is 2.80. The molecule has 19 heavy (non-hydrogen) atoms. The predicted molar refractivity (Wildman–Crippen MR) is 76.6 cm³/mol. The number of rotatable bonds is 9. The first-order valence-electron chi connectivity index (χ1n) is 6.28. The molecule has 0 amide bonds. The van der Waals surface area contributed by atoms with Crippen molar-refractivity contribution >= 4 is 17.3 Å². The van der Waals surface area contributed by atoms with Gasteiger partial charge in [-0.1, -0.05) is 11.6 Å². The fourth-order valence-electron chi connectivity index (χ4n) is 1.56. The van der Waals surface area contributed by atoms with E-state index in [0.717, 1.165) is 31.7 Å². The second kappa shape index (κ2) is 9.62. The lowest BCUT2D eigenvalue weighted by molar-refractivity contribution is 0.0691. The molecule has 4 nitrogen and oxygen atoms in total. The van der Waals surface area contributed by atoms with Crippen LogP contribution in [0.2, 0.25) is 5.02 Å². The van der Waals surface area contributed by atoms with E-state index in [1.165, 1.54) is 0 Å². The number of hydrogen-bond acceptors (Lipinski definition) is 4. The van der Waals surface area contributed by atoms with Gasteiger partial charge in [0.1, 0.15) is 6.07 Å². The van der Waals surface area contributed by atoms with Gasteiger partial charge >= 0.3 is 0 Å². The summed E-state index contributed by atoms with van der Waals surface area (Å²) < 4.78 is 10.2. The predicted octanol–water partition coefficient (Wildman–Crippen LogP) is 3.07. The van der Waals surface area contributed by atoms with E-state index in [2.05, 4.69) is 11.4 Å². The molecule has 0 unspecified atom stereocenters. The Morgan fingerprint density at radius 1 is 1.26 bits per heavy atom. The Labute approximate surface area is 119 Å². The SMILES string of the molecule is COCCOCCCCNc1cc(Cl)ccc1C#N. The van der Waals surface area contributed by atoms with Crippen molar-refractivity contribution in [2.75, 3.05) is 38.8 Å². The van der Waals surface area contributed by atoms with Gasteiger partial charge in [-0.15, -0.1) is 0 Å². The highest BCUT2D eigenvalue weighted by Crippen LogP contribution is 2.20. The summed E-state index contributed by atoms with van der Waals surface area (Å²) in [5.41, 5.74) is 1.40. The summed E-state index contributed by atoms with van der Waals surface area (Å²) in [6, 6.07) is 7.35. The average molecular weight is 283 g/mol. The molecular formula is C14H19ClN2O2. The number of methoxy groups -OCH3 is 1. The van der Waals surface area contributed by atoms with Gasteiger partial charge in [-0.2, -0.15) is 5.26 Å². The molecule has 0 atom stereocenters. The highest BCUT2D eigenvalue weighted by molar-refractivity contribution is 6.30. The van der Waals surface area contributed by atoms with Crippen molar-refractivity contribution in [1.29, 1.82) is 5.26 Å². The Morgan fingerprint density at radius 3 is 2.84 bits per heavy atom. The van der Waals surface area contributed by atoms with Crippen molar-refractivity contribution in [2.45, 2.75) is 12.8 Å². The van der Waals surface area contributed by atoms with Gasteiger partial charge in [0.25, 0.3) is 0 Å². The molecule has 0 radical (unpaired) electrons. The third kappa shape index (κ3) is 6.44. The molecule has 0 aromatic heterocycles. The summed E-state index contributed by atoms with van der Waals surface area (Å²) in [6.45, 7) is 2.79. The minimum absolute atomic E-state index is 0.612. The van der Waals surface area contributed by atoms with E-state index in [-0.39, 0.29) is 0 Å². The van der Waals surface area contributed by atoms with Gasteiger partial charge in [0.15, 0.2) is 0 Å². The van der Waals surface area contributed by atoms with Crippen LogP contribution in [-0.2, 0) is 9.47 Å². The molecule has 1 aromatic carbocycles. The molecule has 0 fully saturated rings. The number of hydrogen-bond donors (Lipinski definition) is 1. The van der Waals surface area contributed by atoms with E-state index in [1.807, 2.05) is 0 Å². The van der Waals surface area contributed by atoms with Gasteiger partial charge in [-0.3, -0.25) is 0 Å². The van der Waals surface area contributed by atoms with Gasteiger partial charge in [0, 0.05) is 25.3 Å². The second-order valence-corrected chi connectivity index (χ2v) is 4.48. The van der Waals surface area contributed by atoms with Gasteiger partial charge in [-0.05, 0) is 31.0 Å². The van der Waals surface area contributed by atoms with E-state index in [0.29, 0.717) is 23.8 Å². The number of unbranched alkanes of at least 4 members (excludes halogenated alkanes) is 1. The Morgan fingerprint density at radius 2 is 2.11 bits per heavy atom. The average Bonchev–Trinajstić information content (AvgIpc) is 2.42. The van der Waals surface area contributed by atoms with Crippen LogP contribution in [0.15, 0.2) is 18.2 Å². The molecule has 0 spiro atoms. The van der Waals surface area contributed by atoms with Crippen molar-refractivity contribution < 1.29 is 9.47 Å². The van der Waals surface area contributed by atoms with Gasteiger partial charge in [0.05, 0.1) is 24.5 Å². The van der Waals surface area contributed by atoms with E-state index in [1.54, 1.807) is 25.3 Å². The first-order chi connectivity index (χ1) is 9.27. The zero-order valence-electron chi connectivity index (χ0n) is 11.1. The van der Waals surface area contributed by atoms with E-state index in [9.17, 15) is 0 Å². The standard InChI is InChI=1S/C14H19ClN2O2/c1-18-8-9-19-7-3-2-6-17-14-10-13(15)5-4-12(14)11-16/h4-5,10,17H,2-3,6-9H2,1H3. The zero-order chi connectivity index (χ0) is 13.9. The maximum Gasteiger partial charge on any atom is 0.101 e. The molecule has 0 aliphatic rings. The lowest BCUT2D eigenvalue weighted by Gasteiger charge is -2.08. The first kappa shape index (κ1) is 15.8. The number of nitrogens with zero attached hydrogens (tertiary/aromatic N) is 1. The van der Waals surface area contributed by atoms with Gasteiger partial charge in [0.2, 0.25) is 0 Å². The zero-order valence-corrected chi connectivity index (χ0v) is 11.9. The van der Waals surface area contributed by atoms with Crippen LogP contribution >= 0.6 is 11.6 Å². The molecular weight excluding hydrogens is 264 g/mol. The smallest absolute Gasteiger partial charge is 0.101 e. The largest absolute Gasteiger partial charge is 0.384 e. The van der Waals surface area contributed by atoms with Crippen molar-refractivity contribution in [1.82, 2.24) is 0 Å². The van der Waals surface area contributed by atoms with Gasteiger partial charge < -0.3 is 14.8 Å². The minimum atomic E-state index is 0.612. The van der Waals surface area contributed by atoms with Crippen LogP contribution in [0.4, 0.5) is 5.69 Å². The Hall–Kier alpha value is -1.28. The van der Waals surface area contributed by atoms with Crippen LogP contribution in [0, 0.1) is 11.3 Å². The fraction of sp³-hybridized carbons (Fsp3) is 0.500. The molecule has 0 heterocycles. The minimum Gasteiger partial charge on any atom is -0.384 e. The Balaban J connectivity index is 2.19. The number of halogens is 1. The van der Waals surface area contributed by atoms with E-state index >= 15 is 0 Å². The summed E-state index contributed by atoms with van der Waals surface area (Å²) in [5.74, 6) is 0. The second-order valence-electron chi connectivity index (χ2n) is 4.04. The molecule has 0 saturated carbocycles. The Kier molecular flexibility index (Phi) is 7.99. The maximum absolute atomic E-state index is 8.97. The first-order valence-corrected chi connectivity index (χ1v) is 6.66. The van der Waals surface area contributed by atoms with Crippen molar-refractivity contribution in [3.8, 4) is 6.07 Å². The van der Waals surface area contributed by atoms with Crippen molar-refractivity contribution in [3.05, 3.63) is 28.8 Å². The highest BCUT2D eigenvalue weighted by atomic mass is 35.5. The monoisotopic (exact) mass is 282 g/mol. The maximum atomic E-state index is 8.97. The molecule has 1 rings (SSSR count). The van der Waals surface area contributed by atoms with Crippen LogP contribution in [0.25, 0.3) is 0 Å². The quantitative estimate of drug-likeness (QED) is 0.707. The third-order valence-electron chi connectivity index (χ3n) is 2.56. The summed E-state index contributed by atoms with van der Waals surface area (Å²) in [7, 11) is 1.66. The normalized spacial score (nSPS) is 10.2. The van der Waals surface area contributed by atoms with Crippen molar-refractivity contribution in [3.63, 3.8) is 0 Å².